The molecule has 1 fully saturated rings. The normalized spacial score (nSPS) is 15.0. The van der Waals surface area contributed by atoms with Crippen LogP contribution >= 0.6 is 11.3 Å². The highest BCUT2D eigenvalue weighted by Gasteiger charge is 2.27. The van der Waals surface area contributed by atoms with Crippen LogP contribution in [0.5, 0.6) is 0 Å². The first-order chi connectivity index (χ1) is 13.1. The molecule has 3 rings (SSSR count). The van der Waals surface area contributed by atoms with Crippen LogP contribution in [0.3, 0.4) is 0 Å². The van der Waals surface area contributed by atoms with E-state index in [1.165, 1.54) is 41.9 Å². The van der Waals surface area contributed by atoms with Crippen molar-refractivity contribution < 1.29 is 22.4 Å². The van der Waals surface area contributed by atoms with E-state index in [2.05, 4.69) is 0 Å². The first-order valence-corrected chi connectivity index (χ1v) is 11.6. The molecular formula is C19H21FN2O4S2. The Labute approximate surface area is 167 Å². The fraction of sp³-hybridized carbons (Fsp3) is 0.368. The van der Waals surface area contributed by atoms with E-state index in [4.69, 9.17) is 0 Å². The summed E-state index contributed by atoms with van der Waals surface area (Å²) in [6, 6.07) is 7.06. The van der Waals surface area contributed by atoms with Gasteiger partial charge in [0.1, 0.15) is 5.82 Å². The molecule has 2 heterocycles. The van der Waals surface area contributed by atoms with Crippen molar-refractivity contribution in [2.24, 2.45) is 0 Å². The third-order valence-electron chi connectivity index (χ3n) is 4.59. The number of amides is 2. The van der Waals surface area contributed by atoms with E-state index in [1.54, 1.807) is 22.8 Å². The third kappa shape index (κ3) is 4.77. The van der Waals surface area contributed by atoms with Gasteiger partial charge in [0.05, 0.1) is 10.6 Å². The summed E-state index contributed by atoms with van der Waals surface area (Å²) in [5.74, 6) is -0.813. The number of benzene rings is 1. The molecule has 1 aliphatic heterocycles. The van der Waals surface area contributed by atoms with Crippen molar-refractivity contribution in [2.45, 2.75) is 12.7 Å². The number of thiophene rings is 1. The van der Waals surface area contributed by atoms with Gasteiger partial charge in [-0.25, -0.2) is 12.8 Å². The standard InChI is InChI=1S/C19H21FN2O4S2/c1-13-15(12-28(2,25)26)11-17(27-13)19(24)22-9-7-21(8-10-22)18(23)14-3-5-16(20)6-4-14/h3-6,11H,7-10,12H2,1-2H3. The van der Waals surface area contributed by atoms with Crippen LogP contribution < -0.4 is 0 Å². The lowest BCUT2D eigenvalue weighted by Gasteiger charge is -2.34. The summed E-state index contributed by atoms with van der Waals surface area (Å²) in [6.45, 7) is 3.38. The third-order valence-corrected chi connectivity index (χ3v) is 6.51. The minimum atomic E-state index is -3.17. The Bertz CT molecular complexity index is 991. The summed E-state index contributed by atoms with van der Waals surface area (Å²) in [5, 5.41) is 0. The number of nitrogens with zero attached hydrogens (tertiary/aromatic N) is 2. The summed E-state index contributed by atoms with van der Waals surface area (Å²) in [5.41, 5.74) is 1.07. The summed E-state index contributed by atoms with van der Waals surface area (Å²) in [4.78, 5) is 29.9. The highest BCUT2D eigenvalue weighted by molar-refractivity contribution is 7.89. The molecule has 28 heavy (non-hydrogen) atoms. The van der Waals surface area contributed by atoms with E-state index in [0.717, 1.165) is 4.88 Å². The van der Waals surface area contributed by atoms with Gasteiger partial charge in [-0.15, -0.1) is 11.3 Å². The monoisotopic (exact) mass is 424 g/mol. The highest BCUT2D eigenvalue weighted by Crippen LogP contribution is 2.25. The van der Waals surface area contributed by atoms with Crippen LogP contribution in [0.25, 0.3) is 0 Å². The summed E-state index contributed by atoms with van der Waals surface area (Å²) in [7, 11) is -3.17. The van der Waals surface area contributed by atoms with Gasteiger partial charge in [-0.3, -0.25) is 9.59 Å². The number of sulfone groups is 1. The molecule has 0 atom stereocenters. The number of carbonyl (C=O) groups excluding carboxylic acids is 2. The molecule has 0 radical (unpaired) electrons. The Kier molecular flexibility index (Phi) is 5.85. The Balaban J connectivity index is 1.63. The van der Waals surface area contributed by atoms with Crippen LogP contribution in [0.2, 0.25) is 0 Å². The van der Waals surface area contributed by atoms with Crippen LogP contribution in [0, 0.1) is 12.7 Å². The van der Waals surface area contributed by atoms with Gasteiger partial charge in [0.2, 0.25) is 0 Å². The molecule has 150 valence electrons. The Morgan fingerprint density at radius 3 is 2.11 bits per heavy atom. The summed E-state index contributed by atoms with van der Waals surface area (Å²) in [6.07, 6.45) is 1.17. The van der Waals surface area contributed by atoms with Gasteiger partial charge >= 0.3 is 0 Å². The van der Waals surface area contributed by atoms with Gasteiger partial charge in [-0.05, 0) is 42.8 Å². The van der Waals surface area contributed by atoms with Crippen LogP contribution in [-0.2, 0) is 15.6 Å². The molecule has 6 nitrogen and oxygen atoms in total. The van der Waals surface area contributed by atoms with Crippen molar-refractivity contribution in [3.63, 3.8) is 0 Å². The lowest BCUT2D eigenvalue weighted by Crippen LogP contribution is -2.50. The minimum absolute atomic E-state index is 0.0808. The van der Waals surface area contributed by atoms with Crippen molar-refractivity contribution >= 4 is 33.0 Å². The summed E-state index contributed by atoms with van der Waals surface area (Å²) >= 11 is 1.29. The molecule has 0 unspecified atom stereocenters. The molecule has 9 heteroatoms. The highest BCUT2D eigenvalue weighted by atomic mass is 32.2. The van der Waals surface area contributed by atoms with Gasteiger partial charge in [0.25, 0.3) is 11.8 Å². The van der Waals surface area contributed by atoms with E-state index in [-0.39, 0.29) is 17.6 Å². The second-order valence-corrected chi connectivity index (χ2v) is 10.2. The summed E-state index contributed by atoms with van der Waals surface area (Å²) < 4.78 is 36.1. The first kappa shape index (κ1) is 20.5. The predicted octanol–water partition coefficient (Wildman–Crippen LogP) is 2.34. The Morgan fingerprint density at radius 2 is 1.57 bits per heavy atom. The number of halogens is 1. The molecule has 0 bridgehead atoms. The van der Waals surface area contributed by atoms with Gasteiger partial charge in [-0.2, -0.15) is 0 Å². The van der Waals surface area contributed by atoms with Crippen molar-refractivity contribution in [3.05, 3.63) is 57.0 Å². The van der Waals surface area contributed by atoms with E-state index >= 15 is 0 Å². The predicted molar refractivity (Wildman–Crippen MR) is 106 cm³/mol. The van der Waals surface area contributed by atoms with Crippen LogP contribution in [0.15, 0.2) is 30.3 Å². The van der Waals surface area contributed by atoms with Crippen LogP contribution in [-0.4, -0.2) is 62.5 Å². The topological polar surface area (TPSA) is 74.8 Å². The molecule has 1 saturated heterocycles. The number of aryl methyl sites for hydroxylation is 1. The molecule has 1 aromatic heterocycles. The van der Waals surface area contributed by atoms with Gasteiger partial charge in [0, 0.05) is 42.9 Å². The second kappa shape index (κ2) is 8.00. The Hall–Kier alpha value is -2.26. The molecule has 0 aliphatic carbocycles. The lowest BCUT2D eigenvalue weighted by atomic mass is 10.1. The fourth-order valence-corrected chi connectivity index (χ4v) is 5.06. The lowest BCUT2D eigenvalue weighted by molar-refractivity contribution is 0.0538. The molecular weight excluding hydrogens is 403 g/mol. The van der Waals surface area contributed by atoms with Crippen molar-refractivity contribution in [1.29, 1.82) is 0 Å². The quantitative estimate of drug-likeness (QED) is 0.755. The smallest absolute Gasteiger partial charge is 0.264 e. The number of hydrogen-bond acceptors (Lipinski definition) is 5. The number of piperazine rings is 1. The van der Waals surface area contributed by atoms with Crippen molar-refractivity contribution in [2.75, 3.05) is 32.4 Å². The van der Waals surface area contributed by atoms with E-state index in [0.29, 0.717) is 42.2 Å². The zero-order chi connectivity index (χ0) is 20.5. The molecule has 0 saturated carbocycles. The first-order valence-electron chi connectivity index (χ1n) is 8.75. The van der Waals surface area contributed by atoms with Gasteiger partial charge < -0.3 is 9.80 Å². The Morgan fingerprint density at radius 1 is 1.04 bits per heavy atom. The van der Waals surface area contributed by atoms with Gasteiger partial charge in [-0.1, -0.05) is 0 Å². The molecule has 2 aromatic rings. The van der Waals surface area contributed by atoms with E-state index in [1.807, 2.05) is 0 Å². The largest absolute Gasteiger partial charge is 0.335 e. The minimum Gasteiger partial charge on any atom is -0.335 e. The number of carbonyl (C=O) groups is 2. The second-order valence-electron chi connectivity index (χ2n) is 6.85. The zero-order valence-electron chi connectivity index (χ0n) is 15.6. The maximum absolute atomic E-state index is 13.0. The SMILES string of the molecule is Cc1sc(C(=O)N2CCN(C(=O)c3ccc(F)cc3)CC2)cc1CS(C)(=O)=O. The van der Waals surface area contributed by atoms with E-state index < -0.39 is 15.7 Å². The fourth-order valence-electron chi connectivity index (χ4n) is 3.09. The molecule has 2 amide bonds. The van der Waals surface area contributed by atoms with E-state index in [9.17, 15) is 22.4 Å². The molecule has 0 N–H and O–H groups in total. The van der Waals surface area contributed by atoms with Crippen molar-refractivity contribution in [3.8, 4) is 0 Å². The molecule has 1 aliphatic rings. The maximum Gasteiger partial charge on any atom is 0.264 e. The maximum atomic E-state index is 13.0. The van der Waals surface area contributed by atoms with Crippen LogP contribution in [0.4, 0.5) is 4.39 Å². The number of hydrogen-bond donors (Lipinski definition) is 0. The molecule has 0 spiro atoms. The average molecular weight is 425 g/mol. The van der Waals surface area contributed by atoms with Gasteiger partial charge in [0.15, 0.2) is 9.84 Å². The molecule has 1 aromatic carbocycles. The average Bonchev–Trinajstić information content (AvgIpc) is 3.00. The number of rotatable bonds is 4. The zero-order valence-corrected chi connectivity index (χ0v) is 17.3. The van der Waals surface area contributed by atoms with Crippen LogP contribution in [0.1, 0.15) is 30.5 Å². The van der Waals surface area contributed by atoms with Crippen molar-refractivity contribution in [1.82, 2.24) is 9.80 Å².